The van der Waals surface area contributed by atoms with E-state index in [1.165, 1.54) is 29.6 Å². The van der Waals surface area contributed by atoms with Crippen LogP contribution >= 0.6 is 11.3 Å². The minimum Gasteiger partial charge on any atom is -0.497 e. The third-order valence-electron chi connectivity index (χ3n) is 6.85. The van der Waals surface area contributed by atoms with Gasteiger partial charge in [-0.15, -0.1) is 11.3 Å². The summed E-state index contributed by atoms with van der Waals surface area (Å²) in [5.41, 5.74) is -5.13. The Morgan fingerprint density at radius 1 is 1.02 bits per heavy atom. The number of alkyl halides is 3. The highest BCUT2D eigenvalue weighted by Gasteiger charge is 2.47. The van der Waals surface area contributed by atoms with Crippen LogP contribution in [0.4, 0.5) is 18.9 Å². The molecule has 0 bridgehead atoms. The standard InChI is InChI=1S/C28H30F3N3O8S3/c1-3-42-26(36)24-16-22(17-32-25(35)18-6-4-8-21(14-18)41-2)43-27(24)45(39,40)34-12-10-19(11-13-34)33-20-7-5-9-23(15-20)44(37,38)28(29,30)31/h4-9,14-16,19,33H,3,10-13,17H2,1-2H3,(H,32,35). The largest absolute Gasteiger partial charge is 0.501 e. The van der Waals surface area contributed by atoms with Gasteiger partial charge in [0, 0.05) is 35.3 Å². The van der Waals surface area contributed by atoms with Crippen LogP contribution in [-0.2, 0) is 31.1 Å². The highest BCUT2D eigenvalue weighted by Crippen LogP contribution is 2.34. The molecule has 1 aliphatic heterocycles. The number of nitrogens with zero attached hydrogens (tertiary/aromatic N) is 1. The lowest BCUT2D eigenvalue weighted by Crippen LogP contribution is -2.42. The predicted octanol–water partition coefficient (Wildman–Crippen LogP) is 4.42. The molecule has 17 heteroatoms. The van der Waals surface area contributed by atoms with Crippen molar-refractivity contribution < 1.29 is 49.1 Å². The maximum atomic E-state index is 13.7. The van der Waals surface area contributed by atoms with Crippen molar-refractivity contribution in [2.75, 3.05) is 32.1 Å². The van der Waals surface area contributed by atoms with E-state index >= 15 is 0 Å². The normalized spacial score (nSPS) is 15.0. The highest BCUT2D eigenvalue weighted by molar-refractivity contribution is 7.92. The third-order valence-corrected chi connectivity index (χ3v) is 11.9. The Kier molecular flexibility index (Phi) is 10.5. The summed E-state index contributed by atoms with van der Waals surface area (Å²) in [6.45, 7) is 1.57. The number of hydrogen-bond donors (Lipinski definition) is 2. The molecule has 2 aromatic carbocycles. The minimum atomic E-state index is -5.53. The van der Waals surface area contributed by atoms with Crippen molar-refractivity contribution in [2.45, 2.75) is 47.0 Å². The Labute approximate surface area is 262 Å². The quantitative estimate of drug-likeness (QED) is 0.279. The SMILES string of the molecule is CCOC(=O)c1cc(CNC(=O)c2cccc(OC)c2)sc1S(=O)(=O)N1CCC(Nc2cccc(S(=O)(=O)C(F)(F)F)c2)CC1. The number of hydrogen-bond acceptors (Lipinski definition) is 10. The Morgan fingerprint density at radius 2 is 1.71 bits per heavy atom. The van der Waals surface area contributed by atoms with Crippen LogP contribution in [0.15, 0.2) is 63.7 Å². The molecule has 0 saturated carbocycles. The van der Waals surface area contributed by atoms with Crippen LogP contribution in [0.1, 0.15) is 45.4 Å². The van der Waals surface area contributed by atoms with Crippen LogP contribution in [-0.4, -0.2) is 71.4 Å². The van der Waals surface area contributed by atoms with Gasteiger partial charge in [0.05, 0.1) is 30.7 Å². The van der Waals surface area contributed by atoms with Crippen molar-refractivity contribution in [2.24, 2.45) is 0 Å². The third kappa shape index (κ3) is 7.77. The van der Waals surface area contributed by atoms with E-state index in [9.17, 15) is 39.6 Å². The topological polar surface area (TPSA) is 148 Å². The van der Waals surface area contributed by atoms with E-state index in [0.717, 1.165) is 23.5 Å². The maximum Gasteiger partial charge on any atom is 0.501 e. The molecule has 4 rings (SSSR count). The monoisotopic (exact) mass is 689 g/mol. The van der Waals surface area contributed by atoms with Crippen LogP contribution in [0.25, 0.3) is 0 Å². The maximum absolute atomic E-state index is 13.7. The number of rotatable bonds is 11. The molecular formula is C28H30F3N3O8S3. The number of esters is 1. The number of thiophene rings is 1. The van der Waals surface area contributed by atoms with Crippen molar-refractivity contribution in [3.8, 4) is 5.75 Å². The van der Waals surface area contributed by atoms with E-state index in [1.807, 2.05) is 0 Å². The number of methoxy groups -OCH3 is 1. The van der Waals surface area contributed by atoms with Gasteiger partial charge < -0.3 is 20.1 Å². The van der Waals surface area contributed by atoms with Crippen molar-refractivity contribution in [3.05, 3.63) is 70.6 Å². The van der Waals surface area contributed by atoms with Crippen LogP contribution in [0.5, 0.6) is 5.75 Å². The van der Waals surface area contributed by atoms with Crippen molar-refractivity contribution in [1.29, 1.82) is 0 Å². The first-order valence-corrected chi connectivity index (χ1v) is 17.3. The summed E-state index contributed by atoms with van der Waals surface area (Å²) >= 11 is 0.834. The molecule has 2 N–H and O–H groups in total. The molecule has 1 saturated heterocycles. The summed E-state index contributed by atoms with van der Waals surface area (Å²) in [4.78, 5) is 24.9. The Balaban J connectivity index is 1.47. The summed E-state index contributed by atoms with van der Waals surface area (Å²) in [6, 6.07) is 11.8. The van der Waals surface area contributed by atoms with E-state index < -0.39 is 42.1 Å². The first kappa shape index (κ1) is 34.2. The average molecular weight is 690 g/mol. The zero-order valence-corrected chi connectivity index (χ0v) is 26.5. The molecule has 3 aromatic rings. The van der Waals surface area contributed by atoms with Gasteiger partial charge >= 0.3 is 11.5 Å². The first-order valence-electron chi connectivity index (χ1n) is 13.6. The van der Waals surface area contributed by atoms with Gasteiger partial charge in [0.1, 0.15) is 9.96 Å². The molecular weight excluding hydrogens is 660 g/mol. The fourth-order valence-electron chi connectivity index (χ4n) is 4.57. The van der Waals surface area contributed by atoms with E-state index in [-0.39, 0.29) is 60.6 Å². The number of sulfone groups is 1. The van der Waals surface area contributed by atoms with Gasteiger partial charge in [-0.05, 0) is 62.2 Å². The molecule has 1 aliphatic rings. The second-order valence-corrected chi connectivity index (χ2v) is 15.1. The highest BCUT2D eigenvalue weighted by atomic mass is 32.2. The second-order valence-electron chi connectivity index (χ2n) is 9.85. The van der Waals surface area contributed by atoms with Gasteiger partial charge in [-0.2, -0.15) is 17.5 Å². The molecule has 2 heterocycles. The molecule has 45 heavy (non-hydrogen) atoms. The number of piperidine rings is 1. The molecule has 0 aliphatic carbocycles. The average Bonchev–Trinajstić information content (AvgIpc) is 3.45. The number of amides is 1. The summed E-state index contributed by atoms with van der Waals surface area (Å²) in [5, 5.41) is 5.69. The molecule has 0 spiro atoms. The van der Waals surface area contributed by atoms with Crippen molar-refractivity contribution in [3.63, 3.8) is 0 Å². The number of anilines is 1. The molecule has 11 nitrogen and oxygen atoms in total. The Hall–Kier alpha value is -3.67. The van der Waals surface area contributed by atoms with Gasteiger partial charge in [0.25, 0.3) is 25.8 Å². The minimum absolute atomic E-state index is 0.0125. The molecule has 1 fully saturated rings. The molecule has 244 valence electrons. The molecule has 1 aromatic heterocycles. The fourth-order valence-corrected chi connectivity index (χ4v) is 8.59. The predicted molar refractivity (Wildman–Crippen MR) is 160 cm³/mol. The Bertz CT molecular complexity index is 1770. The van der Waals surface area contributed by atoms with E-state index in [1.54, 1.807) is 31.2 Å². The lowest BCUT2D eigenvalue weighted by atomic mass is 10.1. The second kappa shape index (κ2) is 13.8. The molecule has 0 atom stereocenters. The lowest BCUT2D eigenvalue weighted by molar-refractivity contribution is -0.0436. The molecule has 1 amide bonds. The molecule has 0 radical (unpaired) electrons. The number of halogens is 3. The number of carbonyl (C=O) groups is 2. The summed E-state index contributed by atoms with van der Waals surface area (Å²) in [7, 11) is -8.25. The Morgan fingerprint density at radius 3 is 2.36 bits per heavy atom. The van der Waals surface area contributed by atoms with E-state index in [4.69, 9.17) is 9.47 Å². The first-order chi connectivity index (χ1) is 21.2. The van der Waals surface area contributed by atoms with E-state index in [2.05, 4.69) is 10.6 Å². The summed E-state index contributed by atoms with van der Waals surface area (Å²) in [5.74, 6) is -0.776. The van der Waals surface area contributed by atoms with Crippen LogP contribution < -0.4 is 15.4 Å². The van der Waals surface area contributed by atoms with Crippen molar-refractivity contribution >= 4 is 48.8 Å². The van der Waals surface area contributed by atoms with Gasteiger partial charge in [-0.3, -0.25) is 4.79 Å². The smallest absolute Gasteiger partial charge is 0.497 e. The van der Waals surface area contributed by atoms with Crippen LogP contribution in [0.2, 0.25) is 0 Å². The fraction of sp³-hybridized carbons (Fsp3) is 0.357. The molecule has 0 unspecified atom stereocenters. The van der Waals surface area contributed by atoms with Gasteiger partial charge in [0.15, 0.2) is 0 Å². The number of sulfonamides is 1. The van der Waals surface area contributed by atoms with Gasteiger partial charge in [-0.25, -0.2) is 21.6 Å². The summed E-state index contributed by atoms with van der Waals surface area (Å²) in [6.07, 6.45) is 0.498. The number of carbonyl (C=O) groups excluding carboxylic acids is 2. The van der Waals surface area contributed by atoms with Crippen LogP contribution in [0.3, 0.4) is 0 Å². The zero-order valence-electron chi connectivity index (χ0n) is 24.1. The van der Waals surface area contributed by atoms with Gasteiger partial charge in [-0.1, -0.05) is 12.1 Å². The van der Waals surface area contributed by atoms with E-state index in [0.29, 0.717) is 16.2 Å². The summed E-state index contributed by atoms with van der Waals surface area (Å²) < 4.78 is 101. The van der Waals surface area contributed by atoms with Gasteiger partial charge in [0.2, 0.25) is 0 Å². The number of nitrogens with one attached hydrogen (secondary N) is 2. The lowest BCUT2D eigenvalue weighted by Gasteiger charge is -2.32. The van der Waals surface area contributed by atoms with Crippen LogP contribution in [0, 0.1) is 0 Å². The number of ether oxygens (including phenoxy) is 2. The van der Waals surface area contributed by atoms with Crippen molar-refractivity contribution in [1.82, 2.24) is 9.62 Å². The zero-order chi connectivity index (χ0) is 33.0. The number of benzene rings is 2.